The Labute approximate surface area is 175 Å². The van der Waals surface area contributed by atoms with E-state index < -0.39 is 23.9 Å². The van der Waals surface area contributed by atoms with Gasteiger partial charge in [0, 0.05) is 12.2 Å². The number of benzene rings is 2. The Balaban J connectivity index is 1.75. The number of hydrogen-bond acceptors (Lipinski definition) is 4. The number of halogens is 4. The standard InChI is InChI=1S/C20H20F4N2O3S/c1-13(30-11-18(27)26-16-7-5-15(21)6-8-16)19(28)25-10-14-3-2-4-17(9-14)29-12-20(22,23)24/h2-9,13H,10-12H2,1H3,(H,25,28)(H,26,27). The van der Waals surface area contributed by atoms with Gasteiger partial charge in [0.15, 0.2) is 6.61 Å². The van der Waals surface area contributed by atoms with E-state index in [4.69, 9.17) is 0 Å². The summed E-state index contributed by atoms with van der Waals surface area (Å²) in [7, 11) is 0. The molecule has 0 spiro atoms. The first-order valence-electron chi connectivity index (χ1n) is 8.85. The summed E-state index contributed by atoms with van der Waals surface area (Å²) in [5, 5.41) is 4.73. The Hall–Kier alpha value is -2.75. The van der Waals surface area contributed by atoms with Crippen LogP contribution >= 0.6 is 11.8 Å². The minimum atomic E-state index is -4.43. The fraction of sp³-hybridized carbons (Fsp3) is 0.300. The van der Waals surface area contributed by atoms with Crippen molar-refractivity contribution in [2.45, 2.75) is 24.9 Å². The molecule has 2 rings (SSSR count). The van der Waals surface area contributed by atoms with Crippen molar-refractivity contribution in [3.05, 3.63) is 59.9 Å². The van der Waals surface area contributed by atoms with Crippen LogP contribution in [0, 0.1) is 5.82 Å². The lowest BCUT2D eigenvalue weighted by molar-refractivity contribution is -0.153. The third kappa shape index (κ3) is 8.73. The van der Waals surface area contributed by atoms with Crippen molar-refractivity contribution in [1.82, 2.24) is 5.32 Å². The summed E-state index contributed by atoms with van der Waals surface area (Å²) in [6, 6.07) is 11.3. The van der Waals surface area contributed by atoms with Crippen LogP contribution in [0.15, 0.2) is 48.5 Å². The second-order valence-electron chi connectivity index (χ2n) is 6.28. The predicted octanol–water partition coefficient (Wildman–Crippen LogP) is 4.14. The molecule has 5 nitrogen and oxygen atoms in total. The minimum absolute atomic E-state index is 0.0206. The molecule has 0 radical (unpaired) electrons. The summed E-state index contributed by atoms with van der Waals surface area (Å²) < 4.78 is 54.2. The number of nitrogens with one attached hydrogen (secondary N) is 2. The molecule has 0 aliphatic heterocycles. The Morgan fingerprint density at radius 2 is 1.83 bits per heavy atom. The molecule has 0 bridgehead atoms. The van der Waals surface area contributed by atoms with Crippen LogP contribution in [0.3, 0.4) is 0 Å². The predicted molar refractivity (Wildman–Crippen MR) is 107 cm³/mol. The van der Waals surface area contributed by atoms with Crippen molar-refractivity contribution in [2.24, 2.45) is 0 Å². The van der Waals surface area contributed by atoms with Crippen molar-refractivity contribution < 1.29 is 31.9 Å². The molecule has 0 aromatic heterocycles. The van der Waals surface area contributed by atoms with E-state index >= 15 is 0 Å². The lowest BCUT2D eigenvalue weighted by Crippen LogP contribution is -2.31. The van der Waals surface area contributed by atoms with Crippen LogP contribution in [0.2, 0.25) is 0 Å². The molecule has 0 fully saturated rings. The maximum Gasteiger partial charge on any atom is 0.422 e. The fourth-order valence-electron chi connectivity index (χ4n) is 2.25. The van der Waals surface area contributed by atoms with E-state index in [1.165, 1.54) is 42.5 Å². The zero-order valence-corrected chi connectivity index (χ0v) is 16.8. The van der Waals surface area contributed by atoms with Gasteiger partial charge in [-0.2, -0.15) is 13.2 Å². The maximum absolute atomic E-state index is 12.9. The first kappa shape index (κ1) is 23.5. The van der Waals surface area contributed by atoms with Crippen molar-refractivity contribution in [2.75, 3.05) is 17.7 Å². The Bertz CT molecular complexity index is 860. The van der Waals surface area contributed by atoms with Gasteiger partial charge in [-0.1, -0.05) is 12.1 Å². The molecular formula is C20H20F4N2O3S. The molecule has 1 atom stereocenters. The Morgan fingerprint density at radius 1 is 1.13 bits per heavy atom. The van der Waals surface area contributed by atoms with Crippen LogP contribution in [0.1, 0.15) is 12.5 Å². The van der Waals surface area contributed by atoms with E-state index in [1.807, 2.05) is 0 Å². The van der Waals surface area contributed by atoms with E-state index in [0.29, 0.717) is 11.3 Å². The number of carbonyl (C=O) groups excluding carboxylic acids is 2. The molecule has 2 N–H and O–H groups in total. The van der Waals surface area contributed by atoms with Gasteiger partial charge < -0.3 is 15.4 Å². The quantitative estimate of drug-likeness (QED) is 0.571. The van der Waals surface area contributed by atoms with Gasteiger partial charge in [0.2, 0.25) is 11.8 Å². The molecule has 0 saturated heterocycles. The van der Waals surface area contributed by atoms with Crippen LogP contribution in [0.25, 0.3) is 0 Å². The van der Waals surface area contributed by atoms with Crippen LogP contribution in [-0.4, -0.2) is 35.6 Å². The minimum Gasteiger partial charge on any atom is -0.484 e. The smallest absolute Gasteiger partial charge is 0.422 e. The molecule has 2 aromatic rings. The van der Waals surface area contributed by atoms with Gasteiger partial charge in [-0.3, -0.25) is 9.59 Å². The molecule has 30 heavy (non-hydrogen) atoms. The van der Waals surface area contributed by atoms with E-state index in [2.05, 4.69) is 15.4 Å². The largest absolute Gasteiger partial charge is 0.484 e. The highest BCUT2D eigenvalue weighted by Gasteiger charge is 2.28. The average molecular weight is 444 g/mol. The average Bonchev–Trinajstić information content (AvgIpc) is 2.70. The van der Waals surface area contributed by atoms with Gasteiger partial charge in [-0.25, -0.2) is 4.39 Å². The second-order valence-corrected chi connectivity index (χ2v) is 7.61. The number of hydrogen-bond donors (Lipinski definition) is 2. The SMILES string of the molecule is CC(SCC(=O)Nc1ccc(F)cc1)C(=O)NCc1cccc(OCC(F)(F)F)c1. The zero-order chi connectivity index (χ0) is 22.1. The lowest BCUT2D eigenvalue weighted by atomic mass is 10.2. The number of anilines is 1. The normalized spacial score (nSPS) is 12.2. The number of amides is 2. The second kappa shape index (κ2) is 10.9. The zero-order valence-electron chi connectivity index (χ0n) is 16.0. The molecule has 0 heterocycles. The number of carbonyl (C=O) groups is 2. The summed E-state index contributed by atoms with van der Waals surface area (Å²) in [5.74, 6) is -0.992. The summed E-state index contributed by atoms with van der Waals surface area (Å²) in [5.41, 5.74) is 1.03. The summed E-state index contributed by atoms with van der Waals surface area (Å²) in [4.78, 5) is 24.1. The monoisotopic (exact) mass is 444 g/mol. The van der Waals surface area contributed by atoms with Gasteiger partial charge in [0.25, 0.3) is 0 Å². The fourth-order valence-corrected chi connectivity index (χ4v) is 2.96. The molecular weight excluding hydrogens is 424 g/mol. The highest BCUT2D eigenvalue weighted by Crippen LogP contribution is 2.19. The maximum atomic E-state index is 12.9. The first-order valence-corrected chi connectivity index (χ1v) is 9.90. The number of rotatable bonds is 9. The van der Waals surface area contributed by atoms with Crippen LogP contribution in [0.4, 0.5) is 23.2 Å². The molecule has 10 heteroatoms. The Morgan fingerprint density at radius 3 is 2.50 bits per heavy atom. The van der Waals surface area contributed by atoms with E-state index in [9.17, 15) is 27.2 Å². The van der Waals surface area contributed by atoms with Crippen molar-refractivity contribution in [1.29, 1.82) is 0 Å². The highest BCUT2D eigenvalue weighted by atomic mass is 32.2. The number of thioether (sulfide) groups is 1. The number of ether oxygens (including phenoxy) is 1. The van der Waals surface area contributed by atoms with Crippen molar-refractivity contribution >= 4 is 29.3 Å². The van der Waals surface area contributed by atoms with Crippen LogP contribution in [0.5, 0.6) is 5.75 Å². The molecule has 0 aliphatic carbocycles. The van der Waals surface area contributed by atoms with Gasteiger partial charge in [-0.15, -0.1) is 11.8 Å². The van der Waals surface area contributed by atoms with Gasteiger partial charge in [0.1, 0.15) is 11.6 Å². The van der Waals surface area contributed by atoms with Crippen molar-refractivity contribution in [3.63, 3.8) is 0 Å². The van der Waals surface area contributed by atoms with Crippen molar-refractivity contribution in [3.8, 4) is 5.75 Å². The van der Waals surface area contributed by atoms with Crippen LogP contribution < -0.4 is 15.4 Å². The molecule has 2 aromatic carbocycles. The number of alkyl halides is 3. The summed E-state index contributed by atoms with van der Waals surface area (Å²) in [6.07, 6.45) is -4.43. The van der Waals surface area contributed by atoms with Gasteiger partial charge in [0.05, 0.1) is 11.0 Å². The highest BCUT2D eigenvalue weighted by molar-refractivity contribution is 8.01. The van der Waals surface area contributed by atoms with Crippen LogP contribution in [-0.2, 0) is 16.1 Å². The first-order chi connectivity index (χ1) is 14.1. The molecule has 2 amide bonds. The summed E-state index contributed by atoms with van der Waals surface area (Å²) in [6.45, 7) is 0.346. The topological polar surface area (TPSA) is 67.4 Å². The molecule has 0 aliphatic rings. The van der Waals surface area contributed by atoms with Gasteiger partial charge in [-0.05, 0) is 48.9 Å². The van der Waals surface area contributed by atoms with E-state index in [-0.39, 0.29) is 29.9 Å². The molecule has 162 valence electrons. The third-order valence-corrected chi connectivity index (χ3v) is 4.87. The Kier molecular flexibility index (Phi) is 8.52. The summed E-state index contributed by atoms with van der Waals surface area (Å²) >= 11 is 1.12. The van der Waals surface area contributed by atoms with E-state index in [1.54, 1.807) is 13.0 Å². The molecule has 0 saturated carbocycles. The third-order valence-electron chi connectivity index (χ3n) is 3.73. The molecule has 1 unspecified atom stereocenters. The lowest BCUT2D eigenvalue weighted by Gasteiger charge is -2.13. The van der Waals surface area contributed by atoms with E-state index in [0.717, 1.165) is 11.8 Å². The van der Waals surface area contributed by atoms with Gasteiger partial charge >= 0.3 is 6.18 Å².